The number of para-hydroxylation sites is 3. The number of fused-ring (bicyclic) bond motifs is 5. The van der Waals surface area contributed by atoms with E-state index < -0.39 is 7.14 Å². The summed E-state index contributed by atoms with van der Waals surface area (Å²) >= 11 is 0. The van der Waals surface area contributed by atoms with Crippen LogP contribution in [-0.4, -0.2) is 4.40 Å². The molecule has 0 saturated heterocycles. The Kier molecular flexibility index (Phi) is 5.73. The number of benzene rings is 6. The molecular weight excluding hydrogens is 533 g/mol. The fourth-order valence-corrected chi connectivity index (χ4v) is 8.73. The minimum absolute atomic E-state index is 0.827. The van der Waals surface area contributed by atoms with E-state index in [0.29, 0.717) is 0 Å². The third-order valence-electron chi connectivity index (χ3n) is 8.12. The first-order valence-electron chi connectivity index (χ1n) is 14.1. The number of nitrogens with zero attached hydrogens (tertiary/aromatic N) is 1. The van der Waals surface area contributed by atoms with Crippen molar-refractivity contribution in [2.24, 2.45) is 0 Å². The van der Waals surface area contributed by atoms with Crippen molar-refractivity contribution in [3.63, 3.8) is 0 Å². The van der Waals surface area contributed by atoms with Crippen LogP contribution in [0.5, 0.6) is 0 Å². The van der Waals surface area contributed by atoms with Gasteiger partial charge in [0.2, 0.25) is 5.71 Å². The molecule has 3 nitrogen and oxygen atoms in total. The first kappa shape index (κ1) is 24.7. The lowest BCUT2D eigenvalue weighted by molar-refractivity contribution is 0.592. The maximum atomic E-state index is 14.7. The quantitative estimate of drug-likeness (QED) is 0.198. The second-order valence-electron chi connectivity index (χ2n) is 10.5. The maximum Gasteiger partial charge on any atom is 0.213 e. The van der Waals surface area contributed by atoms with E-state index >= 15 is 0 Å². The van der Waals surface area contributed by atoms with E-state index in [9.17, 15) is 4.57 Å². The summed E-state index contributed by atoms with van der Waals surface area (Å²) in [5.74, 6) is 0. The molecule has 0 radical (unpaired) electrons. The Morgan fingerprint density at radius 2 is 0.929 bits per heavy atom. The normalized spacial score (nSPS) is 11.9. The molecule has 0 unspecified atom stereocenters. The third kappa shape index (κ3) is 3.79. The highest BCUT2D eigenvalue weighted by Gasteiger charge is 2.29. The van der Waals surface area contributed by atoms with Crippen LogP contribution in [0.1, 0.15) is 0 Å². The lowest BCUT2D eigenvalue weighted by Crippen LogP contribution is -2.24. The largest absolute Gasteiger partial charge is 0.438 e. The molecule has 0 amide bonds. The van der Waals surface area contributed by atoms with Crippen LogP contribution < -0.4 is 15.9 Å². The molecule has 0 aliphatic carbocycles. The van der Waals surface area contributed by atoms with Gasteiger partial charge in [-0.2, -0.15) is 0 Å². The van der Waals surface area contributed by atoms with Crippen molar-refractivity contribution in [3.05, 3.63) is 158 Å². The van der Waals surface area contributed by atoms with Gasteiger partial charge in [-0.3, -0.25) is 4.40 Å². The number of oxazole rings is 1. The number of rotatable bonds is 5. The summed E-state index contributed by atoms with van der Waals surface area (Å²) in [7, 11) is -3.00. The van der Waals surface area contributed by atoms with E-state index in [4.69, 9.17) is 4.42 Å². The van der Waals surface area contributed by atoms with Crippen LogP contribution in [0.2, 0.25) is 0 Å². The molecule has 2 aromatic heterocycles. The Hall–Kier alpha value is -5.11. The summed E-state index contributed by atoms with van der Waals surface area (Å²) in [6.45, 7) is 0. The second-order valence-corrected chi connectivity index (χ2v) is 13.3. The molecule has 0 spiro atoms. The fourth-order valence-electron chi connectivity index (χ4n) is 6.08. The van der Waals surface area contributed by atoms with Gasteiger partial charge in [0, 0.05) is 21.3 Å². The molecular formula is C38H26NO2P. The van der Waals surface area contributed by atoms with Gasteiger partial charge < -0.3 is 8.98 Å². The molecule has 0 atom stereocenters. The summed E-state index contributed by atoms with van der Waals surface area (Å²) < 4.78 is 23.3. The van der Waals surface area contributed by atoms with Crippen LogP contribution in [0.4, 0.5) is 0 Å². The van der Waals surface area contributed by atoms with Crippen LogP contribution >= 0.6 is 7.14 Å². The molecule has 8 aromatic rings. The smallest absolute Gasteiger partial charge is 0.213 e. The average molecular weight is 560 g/mol. The van der Waals surface area contributed by atoms with Crippen LogP contribution in [0.15, 0.2) is 162 Å². The lowest BCUT2D eigenvalue weighted by atomic mass is 10.00. The minimum Gasteiger partial charge on any atom is -0.438 e. The van der Waals surface area contributed by atoms with Gasteiger partial charge in [-0.25, -0.2) is 0 Å². The molecule has 6 aromatic carbocycles. The van der Waals surface area contributed by atoms with E-state index in [-0.39, 0.29) is 0 Å². The van der Waals surface area contributed by atoms with Crippen molar-refractivity contribution in [1.29, 1.82) is 0 Å². The Morgan fingerprint density at radius 3 is 1.57 bits per heavy atom. The monoisotopic (exact) mass is 559 g/mol. The zero-order chi connectivity index (χ0) is 28.1. The van der Waals surface area contributed by atoms with Crippen LogP contribution in [0, 0.1) is 0 Å². The van der Waals surface area contributed by atoms with Crippen molar-refractivity contribution >= 4 is 50.8 Å². The fraction of sp³-hybridized carbons (Fsp3) is 0. The van der Waals surface area contributed by atoms with Gasteiger partial charge in [0.25, 0.3) is 0 Å². The molecule has 200 valence electrons. The van der Waals surface area contributed by atoms with Crippen molar-refractivity contribution < 1.29 is 8.98 Å². The summed E-state index contributed by atoms with van der Waals surface area (Å²) in [5.41, 5.74) is 8.30. The van der Waals surface area contributed by atoms with E-state index in [1.165, 1.54) is 0 Å². The van der Waals surface area contributed by atoms with Gasteiger partial charge in [0.15, 0.2) is 12.7 Å². The van der Waals surface area contributed by atoms with Crippen molar-refractivity contribution in [2.75, 3.05) is 0 Å². The zero-order valence-corrected chi connectivity index (χ0v) is 23.6. The summed E-state index contributed by atoms with van der Waals surface area (Å²) in [5, 5.41) is 3.67. The van der Waals surface area contributed by atoms with Crippen LogP contribution in [0.25, 0.3) is 50.0 Å². The summed E-state index contributed by atoms with van der Waals surface area (Å²) in [6.07, 6.45) is 0. The standard InChI is InChI=1S/C38H26NO2P/c40-42(30-11-3-1-4-12-30,31-13-5-2-6-14-31)32-25-23-28(24-26-32)27-19-21-29(22-20-27)37-33-15-7-8-16-34(33)39-35-17-9-10-18-36(35)41-38(37)39/h1-26H. The van der Waals surface area contributed by atoms with Gasteiger partial charge in [-0.05, 0) is 34.9 Å². The molecule has 42 heavy (non-hydrogen) atoms. The van der Waals surface area contributed by atoms with Crippen molar-refractivity contribution in [1.82, 2.24) is 4.40 Å². The highest BCUT2D eigenvalue weighted by Crippen LogP contribution is 2.43. The molecule has 0 bridgehead atoms. The Balaban J connectivity index is 1.19. The molecule has 4 heteroatoms. The zero-order valence-electron chi connectivity index (χ0n) is 22.7. The predicted octanol–water partition coefficient (Wildman–Crippen LogP) is 8.81. The molecule has 0 aliphatic heterocycles. The van der Waals surface area contributed by atoms with Crippen molar-refractivity contribution in [3.8, 4) is 22.3 Å². The Morgan fingerprint density at radius 1 is 0.452 bits per heavy atom. The predicted molar refractivity (Wildman–Crippen MR) is 175 cm³/mol. The molecule has 0 saturated carbocycles. The number of hydrogen-bond donors (Lipinski definition) is 0. The van der Waals surface area contributed by atoms with Gasteiger partial charge in [0.05, 0.1) is 16.6 Å². The van der Waals surface area contributed by atoms with E-state index in [1.807, 2.05) is 91.0 Å². The highest BCUT2D eigenvalue weighted by atomic mass is 31.2. The van der Waals surface area contributed by atoms with Gasteiger partial charge in [-0.1, -0.05) is 140 Å². The number of hydrogen-bond acceptors (Lipinski definition) is 2. The maximum absolute atomic E-state index is 14.7. The summed E-state index contributed by atoms with van der Waals surface area (Å²) in [4.78, 5) is 0. The highest BCUT2D eigenvalue weighted by molar-refractivity contribution is 7.85. The second kappa shape index (κ2) is 9.76. The molecule has 0 N–H and O–H groups in total. The first-order valence-corrected chi connectivity index (χ1v) is 15.8. The third-order valence-corrected chi connectivity index (χ3v) is 11.2. The first-order chi connectivity index (χ1) is 20.7. The number of aromatic nitrogens is 1. The molecule has 2 heterocycles. The Bertz CT molecular complexity index is 2200. The SMILES string of the molecule is O=P(c1ccccc1)(c1ccccc1)c1ccc(-c2ccc(-c3c4ccccc4n4c3oc3ccccc34)cc2)cc1. The van der Waals surface area contributed by atoms with Crippen molar-refractivity contribution in [2.45, 2.75) is 0 Å². The summed E-state index contributed by atoms with van der Waals surface area (Å²) in [6, 6.07) is 53.0. The van der Waals surface area contributed by atoms with Crippen LogP contribution in [-0.2, 0) is 4.57 Å². The topological polar surface area (TPSA) is 34.6 Å². The molecule has 8 rings (SSSR count). The van der Waals surface area contributed by atoms with Gasteiger partial charge in [0.1, 0.15) is 0 Å². The average Bonchev–Trinajstić information content (AvgIpc) is 3.60. The minimum atomic E-state index is -3.00. The van der Waals surface area contributed by atoms with Crippen LogP contribution in [0.3, 0.4) is 0 Å². The molecule has 0 aliphatic rings. The van der Waals surface area contributed by atoms with Gasteiger partial charge >= 0.3 is 0 Å². The lowest BCUT2D eigenvalue weighted by Gasteiger charge is -2.20. The van der Waals surface area contributed by atoms with E-state index in [1.54, 1.807) is 0 Å². The van der Waals surface area contributed by atoms with E-state index in [2.05, 4.69) is 71.1 Å². The Labute approximate surface area is 243 Å². The van der Waals surface area contributed by atoms with Gasteiger partial charge in [-0.15, -0.1) is 0 Å². The van der Waals surface area contributed by atoms with E-state index in [0.717, 1.165) is 65.9 Å². The molecule has 0 fully saturated rings.